The molecule has 0 amide bonds. The van der Waals surface area contributed by atoms with Crippen molar-refractivity contribution in [3.05, 3.63) is 70.1 Å². The summed E-state index contributed by atoms with van der Waals surface area (Å²) >= 11 is 11.7. The second kappa shape index (κ2) is 8.02. The van der Waals surface area contributed by atoms with Crippen molar-refractivity contribution in [2.75, 3.05) is 4.72 Å². The van der Waals surface area contributed by atoms with E-state index in [2.05, 4.69) is 14.7 Å². The van der Waals surface area contributed by atoms with Crippen LogP contribution < -0.4 is 9.46 Å². The number of pyridine rings is 2. The smallest absolute Gasteiger partial charge is 0.262 e. The summed E-state index contributed by atoms with van der Waals surface area (Å²) in [7, 11) is -4.04. The zero-order valence-electron chi connectivity index (χ0n) is 14.3. The number of benzene rings is 1. The second-order valence-corrected chi connectivity index (χ2v) is 8.10. The molecule has 0 bridgehead atoms. The molecule has 28 heavy (non-hydrogen) atoms. The first-order chi connectivity index (χ1) is 13.3. The van der Waals surface area contributed by atoms with Crippen molar-refractivity contribution in [3.63, 3.8) is 0 Å². The molecule has 0 radical (unpaired) electrons. The molecule has 10 heteroatoms. The van der Waals surface area contributed by atoms with E-state index >= 15 is 0 Å². The Balaban J connectivity index is 1.98. The van der Waals surface area contributed by atoms with E-state index in [1.165, 1.54) is 36.7 Å². The molecular formula is C18H12Cl2N4O3S. The van der Waals surface area contributed by atoms with Gasteiger partial charge in [0.05, 0.1) is 26.7 Å². The molecule has 3 rings (SSSR count). The molecule has 7 nitrogen and oxygen atoms in total. The third kappa shape index (κ3) is 4.51. The van der Waals surface area contributed by atoms with Crippen LogP contribution in [0, 0.1) is 18.3 Å². The average Bonchev–Trinajstić information content (AvgIpc) is 2.66. The molecular weight excluding hydrogens is 423 g/mol. The van der Waals surface area contributed by atoms with Gasteiger partial charge in [0.1, 0.15) is 17.5 Å². The van der Waals surface area contributed by atoms with Crippen LogP contribution in [0.4, 0.5) is 5.69 Å². The zero-order chi connectivity index (χ0) is 20.3. The van der Waals surface area contributed by atoms with Crippen molar-refractivity contribution >= 4 is 38.9 Å². The van der Waals surface area contributed by atoms with Crippen LogP contribution >= 0.6 is 23.2 Å². The Kier molecular flexibility index (Phi) is 5.70. The lowest BCUT2D eigenvalue weighted by molar-refractivity contribution is 0.463. The lowest BCUT2D eigenvalue weighted by atomic mass is 10.3. The highest BCUT2D eigenvalue weighted by Gasteiger charge is 2.19. The van der Waals surface area contributed by atoms with E-state index in [4.69, 9.17) is 33.2 Å². The SMILES string of the molecule is Cc1ccc(Oc2ncc(C#N)cc2NS(=O)(=O)c2ccc(Cl)c(Cl)c2)cn1. The number of hydrogen-bond acceptors (Lipinski definition) is 6. The molecule has 0 aliphatic heterocycles. The van der Waals surface area contributed by atoms with Crippen LogP contribution in [-0.2, 0) is 10.0 Å². The van der Waals surface area contributed by atoms with Gasteiger partial charge in [0.25, 0.3) is 10.0 Å². The predicted octanol–water partition coefficient (Wildman–Crippen LogP) is 4.56. The number of hydrogen-bond donors (Lipinski definition) is 1. The first-order valence-corrected chi connectivity index (χ1v) is 10.0. The minimum absolute atomic E-state index is 0.00861. The quantitative estimate of drug-likeness (QED) is 0.630. The van der Waals surface area contributed by atoms with Gasteiger partial charge in [-0.25, -0.2) is 13.4 Å². The van der Waals surface area contributed by atoms with Crippen LogP contribution in [0.25, 0.3) is 0 Å². The second-order valence-electron chi connectivity index (χ2n) is 5.61. The maximum Gasteiger partial charge on any atom is 0.262 e. The molecule has 3 aromatic rings. The summed E-state index contributed by atoms with van der Waals surface area (Å²) < 4.78 is 33.4. The number of nitrogens with one attached hydrogen (secondary N) is 1. The summed E-state index contributed by atoms with van der Waals surface area (Å²) in [5.41, 5.74) is 0.938. The van der Waals surface area contributed by atoms with Crippen LogP contribution in [-0.4, -0.2) is 18.4 Å². The van der Waals surface area contributed by atoms with E-state index in [0.29, 0.717) is 5.75 Å². The van der Waals surface area contributed by atoms with E-state index in [1.54, 1.807) is 12.1 Å². The standard InChI is InChI=1S/C18H12Cl2N4O3S/c1-11-2-3-13(10-22-11)27-18-17(6-12(8-21)9-23-18)24-28(25,26)14-4-5-15(19)16(20)7-14/h2-7,9-10,24H,1H3. The molecule has 142 valence electrons. The van der Waals surface area contributed by atoms with Crippen molar-refractivity contribution in [2.45, 2.75) is 11.8 Å². The van der Waals surface area contributed by atoms with Crippen molar-refractivity contribution in [1.29, 1.82) is 5.26 Å². The number of ether oxygens (including phenoxy) is 1. The van der Waals surface area contributed by atoms with Gasteiger partial charge in [0.15, 0.2) is 0 Å². The van der Waals surface area contributed by atoms with Gasteiger partial charge in [-0.05, 0) is 43.3 Å². The zero-order valence-corrected chi connectivity index (χ0v) is 16.7. The molecule has 2 heterocycles. The summed E-state index contributed by atoms with van der Waals surface area (Å²) in [6.07, 6.45) is 2.75. The molecule has 0 saturated carbocycles. The summed E-state index contributed by atoms with van der Waals surface area (Å²) in [5.74, 6) is 0.325. The number of anilines is 1. The highest BCUT2D eigenvalue weighted by molar-refractivity contribution is 7.92. The van der Waals surface area contributed by atoms with Crippen LogP contribution in [0.1, 0.15) is 11.3 Å². The molecule has 0 aliphatic rings. The highest BCUT2D eigenvalue weighted by atomic mass is 35.5. The van der Waals surface area contributed by atoms with Gasteiger partial charge in [0.2, 0.25) is 5.88 Å². The summed E-state index contributed by atoms with van der Waals surface area (Å²) in [5, 5.41) is 9.43. The molecule has 0 aliphatic carbocycles. The van der Waals surface area contributed by atoms with Gasteiger partial charge in [-0.3, -0.25) is 9.71 Å². The van der Waals surface area contributed by atoms with Crippen LogP contribution in [0.5, 0.6) is 11.6 Å². The third-order valence-electron chi connectivity index (χ3n) is 3.52. The van der Waals surface area contributed by atoms with E-state index in [0.717, 1.165) is 5.69 Å². The van der Waals surface area contributed by atoms with Crippen LogP contribution in [0.15, 0.2) is 53.7 Å². The maximum absolute atomic E-state index is 12.7. The van der Waals surface area contributed by atoms with Gasteiger partial charge in [-0.15, -0.1) is 0 Å². The lowest BCUT2D eigenvalue weighted by Gasteiger charge is -2.13. The lowest BCUT2D eigenvalue weighted by Crippen LogP contribution is -2.14. The number of nitriles is 1. The number of aryl methyl sites for hydroxylation is 1. The van der Waals surface area contributed by atoms with Crippen LogP contribution in [0.3, 0.4) is 0 Å². The van der Waals surface area contributed by atoms with Gasteiger partial charge < -0.3 is 4.74 Å². The predicted molar refractivity (Wildman–Crippen MR) is 105 cm³/mol. The van der Waals surface area contributed by atoms with Crippen molar-refractivity contribution in [3.8, 4) is 17.7 Å². The summed E-state index contributed by atoms with van der Waals surface area (Å²) in [6, 6.07) is 10.5. The molecule has 0 atom stereocenters. The van der Waals surface area contributed by atoms with Crippen LogP contribution in [0.2, 0.25) is 10.0 Å². The number of rotatable bonds is 5. The van der Waals surface area contributed by atoms with E-state index in [1.807, 2.05) is 13.0 Å². The van der Waals surface area contributed by atoms with Gasteiger partial charge >= 0.3 is 0 Å². The fourth-order valence-corrected chi connectivity index (χ4v) is 3.58. The minimum atomic E-state index is -4.04. The Hall–Kier alpha value is -2.86. The number of halogens is 2. The summed E-state index contributed by atoms with van der Waals surface area (Å²) in [4.78, 5) is 8.03. The first kappa shape index (κ1) is 19.9. The number of nitrogens with zero attached hydrogens (tertiary/aromatic N) is 3. The Labute approximate surface area is 171 Å². The van der Waals surface area contributed by atoms with Gasteiger partial charge in [0, 0.05) is 11.9 Å². The molecule has 1 N–H and O–H groups in total. The Morgan fingerprint density at radius 3 is 2.50 bits per heavy atom. The normalized spacial score (nSPS) is 10.9. The Bertz CT molecular complexity index is 1180. The van der Waals surface area contributed by atoms with Crippen molar-refractivity contribution in [1.82, 2.24) is 9.97 Å². The fourth-order valence-electron chi connectivity index (χ4n) is 2.14. The topological polar surface area (TPSA) is 105 Å². The van der Waals surface area contributed by atoms with Crippen molar-refractivity contribution in [2.24, 2.45) is 0 Å². The largest absolute Gasteiger partial charge is 0.435 e. The molecule has 1 aromatic carbocycles. The first-order valence-electron chi connectivity index (χ1n) is 7.77. The highest BCUT2D eigenvalue weighted by Crippen LogP contribution is 2.31. The minimum Gasteiger partial charge on any atom is -0.435 e. The third-order valence-corrected chi connectivity index (χ3v) is 5.63. The van der Waals surface area contributed by atoms with E-state index in [-0.39, 0.29) is 32.1 Å². The number of aromatic nitrogens is 2. The number of sulfonamides is 1. The molecule has 0 spiro atoms. The molecule has 0 fully saturated rings. The fraction of sp³-hybridized carbons (Fsp3) is 0.0556. The molecule has 2 aromatic heterocycles. The van der Waals surface area contributed by atoms with E-state index in [9.17, 15) is 8.42 Å². The van der Waals surface area contributed by atoms with Gasteiger partial charge in [-0.2, -0.15) is 5.26 Å². The van der Waals surface area contributed by atoms with Crippen molar-refractivity contribution < 1.29 is 13.2 Å². The molecule has 0 saturated heterocycles. The average molecular weight is 435 g/mol. The Morgan fingerprint density at radius 2 is 1.86 bits per heavy atom. The van der Waals surface area contributed by atoms with E-state index < -0.39 is 10.0 Å². The Morgan fingerprint density at radius 1 is 1.07 bits per heavy atom. The maximum atomic E-state index is 12.7. The monoisotopic (exact) mass is 434 g/mol. The van der Waals surface area contributed by atoms with Gasteiger partial charge in [-0.1, -0.05) is 23.2 Å². The molecule has 0 unspecified atom stereocenters. The summed E-state index contributed by atoms with van der Waals surface area (Å²) in [6.45, 7) is 1.82.